The van der Waals surface area contributed by atoms with Crippen LogP contribution in [0.4, 0.5) is 0 Å². The molecule has 0 aliphatic rings. The Balaban J connectivity index is 4.38. The average Bonchev–Trinajstić information content (AvgIpc) is 1.86. The van der Waals surface area contributed by atoms with Crippen LogP contribution >= 0.6 is 0 Å². The molecule has 0 fully saturated rings. The second-order valence-electron chi connectivity index (χ2n) is 2.48. The lowest BCUT2D eigenvalue weighted by Gasteiger charge is -2.22. The number of aliphatic carboxylic acids is 1. The van der Waals surface area contributed by atoms with E-state index in [1.54, 1.807) is 6.92 Å². The lowest BCUT2D eigenvalue weighted by Crippen LogP contribution is -2.40. The van der Waals surface area contributed by atoms with Gasteiger partial charge in [-0.25, -0.2) is 4.79 Å². The fourth-order valence-corrected chi connectivity index (χ4v) is 0.424. The van der Waals surface area contributed by atoms with Crippen LogP contribution in [0.25, 0.3) is 0 Å². The standard InChI is InChI=1S/C7H12O3/c1-4-5(2)7(3,10)6(8)9/h4-5,10H,1H2,2-3H3,(H,8,9)/t5-,7-/m0/s1. The lowest BCUT2D eigenvalue weighted by atomic mass is 9.91. The Labute approximate surface area is 60.0 Å². The van der Waals surface area contributed by atoms with Crippen LogP contribution in [0.5, 0.6) is 0 Å². The Morgan fingerprint density at radius 2 is 2.20 bits per heavy atom. The largest absolute Gasteiger partial charge is 0.479 e. The maximum absolute atomic E-state index is 10.3. The van der Waals surface area contributed by atoms with Crippen LogP contribution in [0.2, 0.25) is 0 Å². The normalized spacial score (nSPS) is 19.1. The number of rotatable bonds is 3. The van der Waals surface area contributed by atoms with Gasteiger partial charge in [-0.05, 0) is 6.92 Å². The molecular weight excluding hydrogens is 132 g/mol. The molecule has 0 saturated carbocycles. The fourth-order valence-electron chi connectivity index (χ4n) is 0.424. The lowest BCUT2D eigenvalue weighted by molar-refractivity contribution is -0.159. The van der Waals surface area contributed by atoms with Gasteiger partial charge < -0.3 is 10.2 Å². The summed E-state index contributed by atoms with van der Waals surface area (Å²) in [6, 6.07) is 0. The number of carboxylic acid groups (broad SMARTS) is 1. The molecule has 10 heavy (non-hydrogen) atoms. The number of carboxylic acids is 1. The summed E-state index contributed by atoms with van der Waals surface area (Å²) in [7, 11) is 0. The molecule has 2 N–H and O–H groups in total. The Kier molecular flexibility index (Phi) is 2.60. The van der Waals surface area contributed by atoms with Crippen LogP contribution in [0.15, 0.2) is 12.7 Å². The molecule has 0 bridgehead atoms. The van der Waals surface area contributed by atoms with E-state index in [0.29, 0.717) is 0 Å². The van der Waals surface area contributed by atoms with Gasteiger partial charge in [0.2, 0.25) is 0 Å². The molecule has 0 radical (unpaired) electrons. The van der Waals surface area contributed by atoms with Gasteiger partial charge in [-0.2, -0.15) is 0 Å². The van der Waals surface area contributed by atoms with Gasteiger partial charge in [-0.1, -0.05) is 13.0 Å². The van der Waals surface area contributed by atoms with Gasteiger partial charge in [0, 0.05) is 5.92 Å². The highest BCUT2D eigenvalue weighted by Crippen LogP contribution is 2.17. The first-order valence-corrected chi connectivity index (χ1v) is 3.01. The molecule has 0 saturated heterocycles. The molecule has 3 nitrogen and oxygen atoms in total. The molecule has 58 valence electrons. The molecule has 0 spiro atoms. The van der Waals surface area contributed by atoms with E-state index in [1.807, 2.05) is 0 Å². The summed E-state index contributed by atoms with van der Waals surface area (Å²) in [5, 5.41) is 17.6. The zero-order valence-corrected chi connectivity index (χ0v) is 6.16. The van der Waals surface area contributed by atoms with Gasteiger partial charge in [-0.3, -0.25) is 0 Å². The Bertz CT molecular complexity index is 149. The van der Waals surface area contributed by atoms with Crippen molar-refractivity contribution >= 4 is 5.97 Å². The van der Waals surface area contributed by atoms with Crippen molar-refractivity contribution in [3.63, 3.8) is 0 Å². The van der Waals surface area contributed by atoms with Crippen LogP contribution in [0, 0.1) is 5.92 Å². The highest BCUT2D eigenvalue weighted by Gasteiger charge is 2.34. The van der Waals surface area contributed by atoms with E-state index in [1.165, 1.54) is 13.0 Å². The van der Waals surface area contributed by atoms with Crippen LogP contribution in [-0.4, -0.2) is 21.8 Å². The van der Waals surface area contributed by atoms with E-state index >= 15 is 0 Å². The van der Waals surface area contributed by atoms with E-state index in [9.17, 15) is 9.90 Å². The predicted octanol–water partition coefficient (Wildman–Crippen LogP) is 0.644. The molecule has 0 aromatic carbocycles. The molecule has 0 heterocycles. The van der Waals surface area contributed by atoms with Crippen LogP contribution in [0.3, 0.4) is 0 Å². The minimum absolute atomic E-state index is 0.440. The molecule has 0 rings (SSSR count). The van der Waals surface area contributed by atoms with Gasteiger partial charge in [0.25, 0.3) is 0 Å². The van der Waals surface area contributed by atoms with Gasteiger partial charge >= 0.3 is 5.97 Å². The molecular formula is C7H12O3. The molecule has 0 aliphatic heterocycles. The first-order chi connectivity index (χ1) is 4.42. The Hall–Kier alpha value is -0.830. The maximum atomic E-state index is 10.3. The minimum Gasteiger partial charge on any atom is -0.479 e. The monoisotopic (exact) mass is 144 g/mol. The van der Waals surface area contributed by atoms with Crippen molar-refractivity contribution in [1.29, 1.82) is 0 Å². The Morgan fingerprint density at radius 3 is 2.30 bits per heavy atom. The third-order valence-electron chi connectivity index (χ3n) is 1.67. The van der Waals surface area contributed by atoms with E-state index in [2.05, 4.69) is 6.58 Å². The molecule has 0 aromatic rings. The van der Waals surface area contributed by atoms with E-state index in [-0.39, 0.29) is 0 Å². The second kappa shape index (κ2) is 2.84. The zero-order valence-electron chi connectivity index (χ0n) is 6.16. The van der Waals surface area contributed by atoms with Crippen molar-refractivity contribution in [3.05, 3.63) is 12.7 Å². The number of aliphatic hydroxyl groups is 1. The first-order valence-electron chi connectivity index (χ1n) is 3.01. The summed E-state index contributed by atoms with van der Waals surface area (Å²) in [5.41, 5.74) is -1.69. The SMILES string of the molecule is C=C[C@H](C)[C@](C)(O)C(=O)O. The minimum atomic E-state index is -1.69. The van der Waals surface area contributed by atoms with Crippen LogP contribution in [-0.2, 0) is 4.79 Å². The Morgan fingerprint density at radius 1 is 1.80 bits per heavy atom. The highest BCUT2D eigenvalue weighted by atomic mass is 16.4. The van der Waals surface area contributed by atoms with Gasteiger partial charge in [0.15, 0.2) is 5.60 Å². The maximum Gasteiger partial charge on any atom is 0.335 e. The van der Waals surface area contributed by atoms with Crippen molar-refractivity contribution < 1.29 is 15.0 Å². The smallest absolute Gasteiger partial charge is 0.335 e. The van der Waals surface area contributed by atoms with Crippen molar-refractivity contribution in [3.8, 4) is 0 Å². The summed E-state index contributed by atoms with van der Waals surface area (Å²) in [6.07, 6.45) is 1.41. The summed E-state index contributed by atoms with van der Waals surface area (Å²) < 4.78 is 0. The van der Waals surface area contributed by atoms with Crippen LogP contribution in [0.1, 0.15) is 13.8 Å². The average molecular weight is 144 g/mol. The molecule has 0 aliphatic carbocycles. The number of carbonyl (C=O) groups is 1. The van der Waals surface area contributed by atoms with Crippen molar-refractivity contribution in [2.45, 2.75) is 19.4 Å². The van der Waals surface area contributed by atoms with Crippen molar-refractivity contribution in [2.75, 3.05) is 0 Å². The van der Waals surface area contributed by atoms with E-state index < -0.39 is 17.5 Å². The van der Waals surface area contributed by atoms with Crippen molar-refractivity contribution in [2.24, 2.45) is 5.92 Å². The topological polar surface area (TPSA) is 57.5 Å². The third kappa shape index (κ3) is 1.57. The van der Waals surface area contributed by atoms with Crippen LogP contribution < -0.4 is 0 Å². The summed E-state index contributed by atoms with van der Waals surface area (Å²) >= 11 is 0. The predicted molar refractivity (Wildman–Crippen MR) is 37.6 cm³/mol. The van der Waals surface area contributed by atoms with E-state index in [4.69, 9.17) is 5.11 Å². The molecule has 0 unspecified atom stereocenters. The summed E-state index contributed by atoms with van der Waals surface area (Å²) in [5.74, 6) is -1.66. The van der Waals surface area contributed by atoms with Gasteiger partial charge in [-0.15, -0.1) is 6.58 Å². The molecule has 2 atom stereocenters. The van der Waals surface area contributed by atoms with E-state index in [0.717, 1.165) is 0 Å². The zero-order chi connectivity index (χ0) is 8.36. The van der Waals surface area contributed by atoms with Crippen molar-refractivity contribution in [1.82, 2.24) is 0 Å². The number of hydrogen-bond acceptors (Lipinski definition) is 2. The van der Waals surface area contributed by atoms with Gasteiger partial charge in [0.05, 0.1) is 0 Å². The van der Waals surface area contributed by atoms with Gasteiger partial charge in [0.1, 0.15) is 0 Å². The number of hydrogen-bond donors (Lipinski definition) is 2. The fraction of sp³-hybridized carbons (Fsp3) is 0.571. The second-order valence-corrected chi connectivity index (χ2v) is 2.48. The summed E-state index contributed by atoms with van der Waals surface area (Å²) in [6.45, 7) is 6.24. The highest BCUT2D eigenvalue weighted by molar-refractivity contribution is 5.77. The third-order valence-corrected chi connectivity index (χ3v) is 1.67. The molecule has 0 aromatic heterocycles. The quantitative estimate of drug-likeness (QED) is 0.571. The molecule has 0 amide bonds. The summed E-state index contributed by atoms with van der Waals surface area (Å²) in [4.78, 5) is 10.3. The molecule has 3 heteroatoms. The first kappa shape index (κ1) is 9.17.